The predicted molar refractivity (Wildman–Crippen MR) is 128 cm³/mol. The molecule has 178 valence electrons. The molecule has 0 aliphatic carbocycles. The Kier molecular flexibility index (Phi) is 5.99. The Balaban J connectivity index is 1.75. The maximum Gasteiger partial charge on any atom is 0.291 e. The van der Waals surface area contributed by atoms with Gasteiger partial charge in [0.1, 0.15) is 5.58 Å². The van der Waals surface area contributed by atoms with Crippen LogP contribution in [0.1, 0.15) is 40.6 Å². The fourth-order valence-electron chi connectivity index (χ4n) is 4.79. The molecule has 0 N–H and O–H groups in total. The zero-order chi connectivity index (χ0) is 24.0. The summed E-state index contributed by atoms with van der Waals surface area (Å²) in [6, 6.07) is 8.01. The largest absolute Gasteiger partial charge is 0.493 e. The highest BCUT2D eigenvalue weighted by molar-refractivity contribution is 9.10. The lowest BCUT2D eigenvalue weighted by molar-refractivity contribution is 0.0486. The molecule has 2 aliphatic rings. The summed E-state index contributed by atoms with van der Waals surface area (Å²) in [5, 5.41) is 0.400. The molecule has 2 unspecified atom stereocenters. The molecular formula is C25H24BrNO7. The van der Waals surface area contributed by atoms with Gasteiger partial charge in [0.2, 0.25) is 11.5 Å². The molecule has 1 saturated heterocycles. The van der Waals surface area contributed by atoms with Gasteiger partial charge in [-0.25, -0.2) is 0 Å². The van der Waals surface area contributed by atoms with Crippen LogP contribution in [-0.2, 0) is 4.74 Å². The molecule has 2 atom stereocenters. The van der Waals surface area contributed by atoms with Gasteiger partial charge in [-0.05, 0) is 48.7 Å². The number of carbonyl (C=O) groups is 1. The average molecular weight is 530 g/mol. The molecule has 0 radical (unpaired) electrons. The Morgan fingerprint density at radius 3 is 2.41 bits per heavy atom. The Morgan fingerprint density at radius 1 is 1.06 bits per heavy atom. The minimum absolute atomic E-state index is 0.0524. The lowest BCUT2D eigenvalue weighted by atomic mass is 9.97. The van der Waals surface area contributed by atoms with E-state index in [0.29, 0.717) is 52.5 Å². The van der Waals surface area contributed by atoms with Gasteiger partial charge in [-0.15, -0.1) is 0 Å². The van der Waals surface area contributed by atoms with Crippen LogP contribution in [0.15, 0.2) is 44.0 Å². The number of hydrogen-bond donors (Lipinski definition) is 0. The highest BCUT2D eigenvalue weighted by Crippen LogP contribution is 2.45. The minimum atomic E-state index is -0.694. The van der Waals surface area contributed by atoms with E-state index in [0.717, 1.165) is 17.3 Å². The molecule has 9 heteroatoms. The third-order valence-corrected chi connectivity index (χ3v) is 6.85. The molecule has 2 aromatic carbocycles. The van der Waals surface area contributed by atoms with Gasteiger partial charge in [-0.2, -0.15) is 0 Å². The van der Waals surface area contributed by atoms with E-state index in [9.17, 15) is 9.59 Å². The SMILES string of the molecule is COc1cc(C2c3c(oc4ccc(Br)cc4c3=O)C(=O)N2CC2CCCO2)cc(OC)c1OC. The van der Waals surface area contributed by atoms with E-state index in [1.54, 1.807) is 35.2 Å². The number of amides is 1. The number of nitrogens with zero attached hydrogens (tertiary/aromatic N) is 1. The van der Waals surface area contributed by atoms with Crippen molar-refractivity contribution in [2.45, 2.75) is 25.0 Å². The van der Waals surface area contributed by atoms with Crippen LogP contribution < -0.4 is 19.6 Å². The fourth-order valence-corrected chi connectivity index (χ4v) is 5.16. The number of rotatable bonds is 6. The van der Waals surface area contributed by atoms with Crippen LogP contribution in [0.3, 0.4) is 0 Å². The summed E-state index contributed by atoms with van der Waals surface area (Å²) in [5.74, 6) is 1.01. The van der Waals surface area contributed by atoms with E-state index in [4.69, 9.17) is 23.4 Å². The van der Waals surface area contributed by atoms with Crippen molar-refractivity contribution < 1.29 is 28.2 Å². The van der Waals surface area contributed by atoms with Crippen molar-refractivity contribution in [1.29, 1.82) is 0 Å². The Morgan fingerprint density at radius 2 is 1.79 bits per heavy atom. The monoisotopic (exact) mass is 529 g/mol. The summed E-state index contributed by atoms with van der Waals surface area (Å²) in [7, 11) is 4.58. The van der Waals surface area contributed by atoms with E-state index in [2.05, 4.69) is 15.9 Å². The van der Waals surface area contributed by atoms with Gasteiger partial charge in [-0.1, -0.05) is 15.9 Å². The van der Waals surface area contributed by atoms with E-state index in [1.165, 1.54) is 21.3 Å². The van der Waals surface area contributed by atoms with Crippen LogP contribution in [0, 0.1) is 0 Å². The van der Waals surface area contributed by atoms with Gasteiger partial charge >= 0.3 is 0 Å². The number of methoxy groups -OCH3 is 3. The first-order chi connectivity index (χ1) is 16.5. The average Bonchev–Trinajstić information content (AvgIpc) is 3.46. The van der Waals surface area contributed by atoms with Crippen molar-refractivity contribution in [3.05, 3.63) is 61.9 Å². The van der Waals surface area contributed by atoms with Gasteiger partial charge in [0, 0.05) is 17.6 Å². The quantitative estimate of drug-likeness (QED) is 0.470. The second kappa shape index (κ2) is 8.96. The lowest BCUT2D eigenvalue weighted by Gasteiger charge is -2.28. The smallest absolute Gasteiger partial charge is 0.291 e. The van der Waals surface area contributed by atoms with Crippen molar-refractivity contribution in [3.63, 3.8) is 0 Å². The standard InChI is InChI=1S/C25H24BrNO7/c1-30-18-9-13(10-19(31-2)23(18)32-3)21-20-22(28)16-11-14(26)6-7-17(16)34-24(20)25(29)27(21)12-15-5-4-8-33-15/h6-7,9-11,15,21H,4-5,8,12H2,1-3H3. The van der Waals surface area contributed by atoms with Crippen LogP contribution in [0.5, 0.6) is 17.2 Å². The highest BCUT2D eigenvalue weighted by Gasteiger charge is 2.44. The molecule has 1 fully saturated rings. The summed E-state index contributed by atoms with van der Waals surface area (Å²) >= 11 is 3.42. The number of carbonyl (C=O) groups excluding carboxylic acids is 1. The molecule has 3 heterocycles. The molecule has 0 bridgehead atoms. The number of ether oxygens (including phenoxy) is 4. The van der Waals surface area contributed by atoms with E-state index < -0.39 is 6.04 Å². The van der Waals surface area contributed by atoms with E-state index in [-0.39, 0.29) is 23.2 Å². The topological polar surface area (TPSA) is 87.4 Å². The number of benzene rings is 2. The van der Waals surface area contributed by atoms with Crippen molar-refractivity contribution in [2.24, 2.45) is 0 Å². The maximum absolute atomic E-state index is 13.7. The Labute approximate surface area is 204 Å². The molecule has 3 aromatic rings. The summed E-state index contributed by atoms with van der Waals surface area (Å²) in [6.07, 6.45) is 1.67. The van der Waals surface area contributed by atoms with Gasteiger partial charge in [0.05, 0.1) is 44.4 Å². The third-order valence-electron chi connectivity index (χ3n) is 6.35. The third kappa shape index (κ3) is 3.63. The van der Waals surface area contributed by atoms with Gasteiger partial charge in [0.15, 0.2) is 16.9 Å². The van der Waals surface area contributed by atoms with Crippen LogP contribution >= 0.6 is 15.9 Å². The molecular weight excluding hydrogens is 506 g/mol. The Hall–Kier alpha value is -3.04. The van der Waals surface area contributed by atoms with Crippen LogP contribution in [0.25, 0.3) is 11.0 Å². The molecule has 1 aromatic heterocycles. The first-order valence-electron chi connectivity index (χ1n) is 11.0. The lowest BCUT2D eigenvalue weighted by Crippen LogP contribution is -2.36. The van der Waals surface area contributed by atoms with Crippen molar-refractivity contribution in [2.75, 3.05) is 34.5 Å². The normalized spacial score (nSPS) is 19.5. The van der Waals surface area contributed by atoms with E-state index in [1.807, 2.05) is 0 Å². The number of fused-ring (bicyclic) bond motifs is 2. The van der Waals surface area contributed by atoms with Crippen LogP contribution in [0.4, 0.5) is 0 Å². The van der Waals surface area contributed by atoms with Gasteiger partial charge in [0.25, 0.3) is 5.91 Å². The van der Waals surface area contributed by atoms with Crippen LogP contribution in [-0.4, -0.2) is 51.4 Å². The molecule has 2 aliphatic heterocycles. The summed E-state index contributed by atoms with van der Waals surface area (Å²) < 4.78 is 29.1. The van der Waals surface area contributed by atoms with Gasteiger partial charge in [-0.3, -0.25) is 9.59 Å². The van der Waals surface area contributed by atoms with Crippen LogP contribution in [0.2, 0.25) is 0 Å². The zero-order valence-corrected chi connectivity index (χ0v) is 20.6. The molecule has 8 nitrogen and oxygen atoms in total. The minimum Gasteiger partial charge on any atom is -0.493 e. The first kappa shape index (κ1) is 22.7. The summed E-state index contributed by atoms with van der Waals surface area (Å²) in [6.45, 7) is 0.993. The maximum atomic E-state index is 13.7. The molecule has 34 heavy (non-hydrogen) atoms. The second-order valence-electron chi connectivity index (χ2n) is 8.27. The summed E-state index contributed by atoms with van der Waals surface area (Å²) in [4.78, 5) is 29.0. The zero-order valence-electron chi connectivity index (χ0n) is 19.1. The van der Waals surface area contributed by atoms with Crippen molar-refractivity contribution >= 4 is 32.8 Å². The molecule has 1 amide bonds. The first-order valence-corrected chi connectivity index (χ1v) is 11.7. The van der Waals surface area contributed by atoms with Gasteiger partial charge < -0.3 is 28.3 Å². The molecule has 0 spiro atoms. The fraction of sp³-hybridized carbons (Fsp3) is 0.360. The highest BCUT2D eigenvalue weighted by atomic mass is 79.9. The van der Waals surface area contributed by atoms with Crippen molar-refractivity contribution in [1.82, 2.24) is 4.90 Å². The van der Waals surface area contributed by atoms with E-state index >= 15 is 0 Å². The molecule has 0 saturated carbocycles. The number of halogens is 1. The molecule has 5 rings (SSSR count). The van der Waals surface area contributed by atoms with Crippen molar-refractivity contribution in [3.8, 4) is 17.2 Å². The number of hydrogen-bond acceptors (Lipinski definition) is 7. The second-order valence-corrected chi connectivity index (χ2v) is 9.18. The predicted octanol–water partition coefficient (Wildman–Crippen LogP) is 4.31. The summed E-state index contributed by atoms with van der Waals surface area (Å²) in [5.41, 5.74) is 1.06. The Bertz CT molecular complexity index is 1300.